The number of rotatable bonds is 8. The lowest BCUT2D eigenvalue weighted by molar-refractivity contribution is -0.142. The molecule has 0 radical (unpaired) electrons. The van der Waals surface area contributed by atoms with Crippen LogP contribution in [0.3, 0.4) is 0 Å². The predicted octanol–water partition coefficient (Wildman–Crippen LogP) is 10.7. The van der Waals surface area contributed by atoms with E-state index >= 15 is 0 Å². The number of benzene rings is 2. The molecule has 2 aromatic carbocycles. The summed E-state index contributed by atoms with van der Waals surface area (Å²) < 4.78 is 95.1. The molecule has 0 saturated carbocycles. The highest BCUT2D eigenvalue weighted by Gasteiger charge is 2.35. The largest absolute Gasteiger partial charge is 0.444 e. The number of carbonyl (C=O) groups is 3. The minimum absolute atomic E-state index is 0.0123. The van der Waals surface area contributed by atoms with Crippen LogP contribution in [-0.2, 0) is 26.6 Å². The van der Waals surface area contributed by atoms with Crippen LogP contribution in [0.4, 0.5) is 53.9 Å². The van der Waals surface area contributed by atoms with Gasteiger partial charge in [0.05, 0.1) is 37.8 Å². The van der Waals surface area contributed by atoms with Crippen molar-refractivity contribution in [3.8, 4) is 45.9 Å². The van der Waals surface area contributed by atoms with Crippen LogP contribution in [0.15, 0.2) is 97.6 Å². The molecule has 2 unspecified atom stereocenters. The molecule has 4 aliphatic heterocycles. The highest BCUT2D eigenvalue weighted by Crippen LogP contribution is 2.35. The van der Waals surface area contributed by atoms with Gasteiger partial charge in [0, 0.05) is 116 Å². The normalized spacial score (nSPS) is 17.1. The molecule has 6 aromatic rings. The summed E-state index contributed by atoms with van der Waals surface area (Å²) >= 11 is 0. The number of aryl methyl sites for hydroxylation is 2. The first-order valence-electron chi connectivity index (χ1n) is 27.8. The van der Waals surface area contributed by atoms with Gasteiger partial charge in [0.2, 0.25) is 0 Å². The molecule has 22 heteroatoms. The van der Waals surface area contributed by atoms with E-state index in [1.54, 1.807) is 41.6 Å². The van der Waals surface area contributed by atoms with Crippen molar-refractivity contribution in [3.63, 3.8) is 0 Å². The maximum absolute atomic E-state index is 13.1. The molecule has 3 amide bonds. The van der Waals surface area contributed by atoms with Crippen molar-refractivity contribution in [1.29, 1.82) is 0 Å². The second kappa shape index (κ2) is 26.6. The smallest absolute Gasteiger partial charge is 0.433 e. The molecular formula is C63H64F6N10O6. The summed E-state index contributed by atoms with van der Waals surface area (Å²) in [6.45, 7) is 17.5. The highest BCUT2D eigenvalue weighted by atomic mass is 19.4. The van der Waals surface area contributed by atoms with Crippen molar-refractivity contribution in [3.05, 3.63) is 143 Å². The Hall–Kier alpha value is -8.57. The van der Waals surface area contributed by atoms with Crippen LogP contribution in [0.5, 0.6) is 0 Å². The zero-order valence-electron chi connectivity index (χ0n) is 47.6. The second-order valence-electron chi connectivity index (χ2n) is 21.8. The quantitative estimate of drug-likeness (QED) is 0.0970. The van der Waals surface area contributed by atoms with Gasteiger partial charge in [-0.15, -0.1) is 0 Å². The van der Waals surface area contributed by atoms with E-state index in [0.29, 0.717) is 81.3 Å². The van der Waals surface area contributed by atoms with E-state index in [-0.39, 0.29) is 23.1 Å². The number of alkyl halides is 6. The zero-order valence-corrected chi connectivity index (χ0v) is 47.6. The van der Waals surface area contributed by atoms with Crippen LogP contribution in [0.1, 0.15) is 88.2 Å². The van der Waals surface area contributed by atoms with Gasteiger partial charge in [-0.3, -0.25) is 19.6 Å². The maximum atomic E-state index is 13.1. The van der Waals surface area contributed by atoms with Crippen LogP contribution in [0.2, 0.25) is 0 Å². The third-order valence-corrected chi connectivity index (χ3v) is 14.4. The lowest BCUT2D eigenvalue weighted by Crippen LogP contribution is -2.36. The van der Waals surface area contributed by atoms with Crippen molar-refractivity contribution in [2.45, 2.75) is 65.4 Å². The molecule has 4 aliphatic rings. The number of anilines is 4. The van der Waals surface area contributed by atoms with Crippen molar-refractivity contribution >= 4 is 40.7 Å². The Labute approximate surface area is 489 Å². The van der Waals surface area contributed by atoms with E-state index in [2.05, 4.69) is 65.5 Å². The Bertz CT molecular complexity index is 3550. The van der Waals surface area contributed by atoms with Gasteiger partial charge in [0.1, 0.15) is 28.4 Å². The topological polar surface area (TPSA) is 176 Å². The first kappa shape index (κ1) is 61.0. The Morgan fingerprint density at radius 3 is 1.52 bits per heavy atom. The summed E-state index contributed by atoms with van der Waals surface area (Å²) in [5, 5.41) is 8.73. The third kappa shape index (κ3) is 16.2. The monoisotopic (exact) mass is 1170 g/mol. The lowest BCUT2D eigenvalue weighted by Gasteiger charge is -2.29. The molecule has 4 aromatic heterocycles. The van der Waals surface area contributed by atoms with Gasteiger partial charge in [-0.1, -0.05) is 24.0 Å². The van der Waals surface area contributed by atoms with E-state index in [1.807, 2.05) is 52.8 Å². The van der Waals surface area contributed by atoms with Gasteiger partial charge in [0.25, 0.3) is 11.8 Å². The van der Waals surface area contributed by atoms with Crippen molar-refractivity contribution < 1.29 is 54.9 Å². The van der Waals surface area contributed by atoms with Crippen molar-refractivity contribution in [2.75, 3.05) is 99.2 Å². The number of nitrogens with zero attached hydrogens (tertiary/aromatic N) is 7. The van der Waals surface area contributed by atoms with E-state index in [0.717, 1.165) is 108 Å². The summed E-state index contributed by atoms with van der Waals surface area (Å²) in [7, 11) is 0. The molecule has 0 aliphatic carbocycles. The van der Waals surface area contributed by atoms with Crippen LogP contribution < -0.4 is 25.8 Å². The Morgan fingerprint density at radius 2 is 1.08 bits per heavy atom. The van der Waals surface area contributed by atoms with Crippen LogP contribution in [0.25, 0.3) is 22.3 Å². The number of hydrogen-bond acceptors (Lipinski definition) is 13. The van der Waals surface area contributed by atoms with Crippen LogP contribution >= 0.6 is 0 Å². The van der Waals surface area contributed by atoms with Crippen molar-refractivity contribution in [1.82, 2.24) is 30.2 Å². The molecular weight excluding hydrogens is 1110 g/mol. The Balaban J connectivity index is 0.000000206. The summed E-state index contributed by atoms with van der Waals surface area (Å²) in [4.78, 5) is 60.3. The molecule has 3 N–H and O–H groups in total. The van der Waals surface area contributed by atoms with E-state index in [9.17, 15) is 40.7 Å². The van der Waals surface area contributed by atoms with Crippen LogP contribution in [0, 0.1) is 49.4 Å². The molecule has 4 saturated heterocycles. The summed E-state index contributed by atoms with van der Waals surface area (Å²) in [6, 6.07) is 18.7. The number of likely N-dealkylation sites (tertiary alicyclic amines) is 1. The third-order valence-electron chi connectivity index (χ3n) is 14.4. The standard InChI is InChI=1S/C34H36F3N5O4.C29H28F3N5O2/c1-22-5-7-26(40-31(43)24-9-11-38-30(18-24)34(35,36)37)19-27(22)25-17-29(41-13-15-45-16-14-41)28(39-20-25)8-6-23-10-12-42(21-23)32(44)46-33(2,3)4;1-19-2-4-23(36-28(38)21-7-9-34-27(15-21)29(30,31)32)16-24(19)22-14-26(37-10-12-39-13-11-37)25(35-18-22)5-3-20-6-8-33-17-20/h5,7,9,11,17-20,23H,10,12-16,21H2,1-4H3,(H,40,43);2,4,7,9,14-16,18,20,33H,6,8,10-13,17H2,1H3,(H,36,38). The molecule has 8 heterocycles. The molecule has 4 fully saturated rings. The predicted molar refractivity (Wildman–Crippen MR) is 310 cm³/mol. The highest BCUT2D eigenvalue weighted by molar-refractivity contribution is 6.05. The molecule has 2 atom stereocenters. The summed E-state index contributed by atoms with van der Waals surface area (Å²) in [5.74, 6) is 12.2. The number of nitrogens with one attached hydrogen (secondary N) is 3. The average Bonchev–Trinajstić information content (AvgIpc) is 3.73. The Morgan fingerprint density at radius 1 is 0.612 bits per heavy atom. The number of ether oxygens (including phenoxy) is 3. The number of halogens is 6. The Kier molecular flexibility index (Phi) is 19.1. The van der Waals surface area contributed by atoms with Crippen LogP contribution in [-0.4, -0.2) is 127 Å². The van der Waals surface area contributed by atoms with Gasteiger partial charge < -0.3 is 44.9 Å². The summed E-state index contributed by atoms with van der Waals surface area (Å²) in [6.07, 6.45) is -2.44. The average molecular weight is 1170 g/mol. The maximum Gasteiger partial charge on any atom is 0.433 e. The summed E-state index contributed by atoms with van der Waals surface area (Å²) in [5.41, 5.74) is 6.05. The van der Waals surface area contributed by atoms with Gasteiger partial charge in [-0.2, -0.15) is 26.3 Å². The minimum Gasteiger partial charge on any atom is -0.444 e. The fourth-order valence-corrected chi connectivity index (χ4v) is 9.85. The molecule has 10 rings (SSSR count). The number of hydrogen-bond donors (Lipinski definition) is 3. The first-order chi connectivity index (χ1) is 40.5. The van der Waals surface area contributed by atoms with Crippen molar-refractivity contribution in [2.24, 2.45) is 11.8 Å². The lowest BCUT2D eigenvalue weighted by atomic mass is 10.00. The van der Waals surface area contributed by atoms with E-state index < -0.39 is 41.2 Å². The van der Waals surface area contributed by atoms with Gasteiger partial charge in [-0.05, 0) is 149 Å². The fourth-order valence-electron chi connectivity index (χ4n) is 9.85. The number of amides is 3. The molecule has 0 bridgehead atoms. The van der Waals surface area contributed by atoms with Gasteiger partial charge in [-0.25, -0.2) is 14.8 Å². The minimum atomic E-state index is -4.66. The molecule has 0 spiro atoms. The molecule has 444 valence electrons. The molecule has 16 nitrogen and oxygen atoms in total. The zero-order chi connectivity index (χ0) is 60.5. The number of pyridine rings is 4. The number of aromatic nitrogens is 4. The van der Waals surface area contributed by atoms with Gasteiger partial charge >= 0.3 is 18.4 Å². The number of carbonyl (C=O) groups excluding carboxylic acids is 3. The van der Waals surface area contributed by atoms with E-state index in [1.165, 1.54) is 12.1 Å². The van der Waals surface area contributed by atoms with E-state index in [4.69, 9.17) is 24.2 Å². The van der Waals surface area contributed by atoms with Gasteiger partial charge in [0.15, 0.2) is 0 Å². The molecule has 85 heavy (non-hydrogen) atoms. The first-order valence-corrected chi connectivity index (χ1v) is 27.8. The SMILES string of the molecule is Cc1ccc(NC(=O)c2ccnc(C(F)(F)F)c2)cc1-c1cnc(C#CC2CCN(C(=O)OC(C)(C)C)C2)c(N2CCOCC2)c1.Cc1ccc(NC(=O)c2ccnc(C(F)(F)F)c2)cc1-c1cnc(C#CC2CCNC2)c(N2CCOCC2)c1. The number of morpholine rings is 2. The fraction of sp³-hybridized carbons (Fsp3) is 0.381. The second-order valence-corrected chi connectivity index (χ2v) is 21.8.